The van der Waals surface area contributed by atoms with Crippen molar-refractivity contribution in [2.24, 2.45) is 0 Å². The highest BCUT2D eigenvalue weighted by molar-refractivity contribution is 5.98. The third-order valence-corrected chi connectivity index (χ3v) is 3.53. The predicted octanol–water partition coefficient (Wildman–Crippen LogP) is 2.11. The monoisotopic (exact) mass is 251 g/mol. The minimum atomic E-state index is 0.0645. The molecule has 18 heavy (non-hydrogen) atoms. The van der Waals surface area contributed by atoms with E-state index >= 15 is 0 Å². The molecule has 100 valence electrons. The summed E-state index contributed by atoms with van der Waals surface area (Å²) in [5, 5.41) is 0. The van der Waals surface area contributed by atoms with Gasteiger partial charge in [-0.2, -0.15) is 0 Å². The lowest BCUT2D eigenvalue weighted by molar-refractivity contribution is 0.0390. The summed E-state index contributed by atoms with van der Waals surface area (Å²) in [6.07, 6.45) is 0.977. The minimum Gasteiger partial charge on any atom is -0.379 e. The zero-order valence-corrected chi connectivity index (χ0v) is 11.4. The van der Waals surface area contributed by atoms with Crippen molar-refractivity contribution >= 4 is 5.78 Å². The van der Waals surface area contributed by atoms with E-state index in [-0.39, 0.29) is 18.5 Å². The van der Waals surface area contributed by atoms with Crippen molar-refractivity contribution in [2.75, 3.05) is 19.8 Å². The Morgan fingerprint density at radius 3 is 2.89 bits per heavy atom. The van der Waals surface area contributed by atoms with Gasteiger partial charge in [0, 0.05) is 30.1 Å². The van der Waals surface area contributed by atoms with Crippen LogP contribution in [0.5, 0.6) is 0 Å². The van der Waals surface area contributed by atoms with Crippen LogP contribution < -0.4 is 0 Å². The lowest BCUT2D eigenvalue weighted by Gasteiger charge is -2.09. The molecule has 1 aromatic heterocycles. The van der Waals surface area contributed by atoms with Crippen molar-refractivity contribution in [1.29, 1.82) is 0 Å². The number of hydrogen-bond donors (Lipinski definition) is 0. The van der Waals surface area contributed by atoms with Gasteiger partial charge in [-0.25, -0.2) is 0 Å². The van der Waals surface area contributed by atoms with E-state index < -0.39 is 0 Å². The molecular weight excluding hydrogens is 230 g/mol. The van der Waals surface area contributed by atoms with Gasteiger partial charge in [0.1, 0.15) is 6.61 Å². The Morgan fingerprint density at radius 2 is 2.33 bits per heavy atom. The summed E-state index contributed by atoms with van der Waals surface area (Å²) >= 11 is 0. The number of hydrogen-bond acceptors (Lipinski definition) is 3. The Hall–Kier alpha value is -1.13. The second kappa shape index (κ2) is 5.67. The molecule has 2 heterocycles. The number of carbonyl (C=O) groups excluding carboxylic acids is 1. The molecule has 0 bridgehead atoms. The Morgan fingerprint density at radius 1 is 1.56 bits per heavy atom. The summed E-state index contributed by atoms with van der Waals surface area (Å²) in [5.41, 5.74) is 2.95. The largest absolute Gasteiger partial charge is 0.379 e. The number of carbonyl (C=O) groups is 1. The average molecular weight is 251 g/mol. The molecule has 0 radical (unpaired) electrons. The number of ether oxygens (including phenoxy) is 2. The fraction of sp³-hybridized carbons (Fsp3) is 0.643. The first-order valence-electron chi connectivity index (χ1n) is 6.52. The van der Waals surface area contributed by atoms with E-state index in [1.807, 2.05) is 19.9 Å². The smallest absolute Gasteiger partial charge is 0.190 e. The first-order chi connectivity index (χ1) is 8.63. The Labute approximate surface area is 108 Å². The zero-order chi connectivity index (χ0) is 13.1. The maximum atomic E-state index is 12.1. The van der Waals surface area contributed by atoms with Gasteiger partial charge < -0.3 is 14.0 Å². The molecule has 0 aromatic carbocycles. The van der Waals surface area contributed by atoms with Gasteiger partial charge in [-0.05, 0) is 33.3 Å². The van der Waals surface area contributed by atoms with Crippen molar-refractivity contribution in [3.63, 3.8) is 0 Å². The summed E-state index contributed by atoms with van der Waals surface area (Å²) in [6.45, 7) is 8.50. The Bertz CT molecular complexity index is 430. The highest BCUT2D eigenvalue weighted by Crippen LogP contribution is 2.16. The summed E-state index contributed by atoms with van der Waals surface area (Å²) < 4.78 is 12.9. The molecule has 1 fully saturated rings. The van der Waals surface area contributed by atoms with Gasteiger partial charge in [-0.15, -0.1) is 0 Å². The van der Waals surface area contributed by atoms with E-state index in [0.29, 0.717) is 6.61 Å². The van der Waals surface area contributed by atoms with Gasteiger partial charge >= 0.3 is 0 Å². The van der Waals surface area contributed by atoms with Gasteiger partial charge in [0.25, 0.3) is 0 Å². The second-order valence-corrected chi connectivity index (χ2v) is 4.75. The highest BCUT2D eigenvalue weighted by atomic mass is 16.5. The Kier molecular flexibility index (Phi) is 4.19. The number of ketones is 1. The van der Waals surface area contributed by atoms with Crippen LogP contribution in [0.3, 0.4) is 0 Å². The van der Waals surface area contributed by atoms with Crippen molar-refractivity contribution in [2.45, 2.75) is 39.8 Å². The molecule has 2 rings (SSSR count). The van der Waals surface area contributed by atoms with Crippen LogP contribution in [0.15, 0.2) is 6.07 Å². The number of Topliss-reactive ketones (excluding diaryl/α,β-unsaturated/α-hetero) is 1. The first-order valence-corrected chi connectivity index (χ1v) is 6.52. The molecule has 0 saturated carbocycles. The fourth-order valence-electron chi connectivity index (χ4n) is 2.49. The molecular formula is C14H21NO3. The fourth-order valence-corrected chi connectivity index (χ4v) is 2.49. The molecule has 1 aromatic rings. The molecule has 4 heteroatoms. The van der Waals surface area contributed by atoms with E-state index in [4.69, 9.17) is 9.47 Å². The van der Waals surface area contributed by atoms with Crippen LogP contribution in [0.25, 0.3) is 0 Å². The molecule has 0 spiro atoms. The van der Waals surface area contributed by atoms with Crippen LogP contribution in [-0.4, -0.2) is 36.3 Å². The minimum absolute atomic E-state index is 0.0645. The van der Waals surface area contributed by atoms with Gasteiger partial charge in [-0.3, -0.25) is 4.79 Å². The number of nitrogens with zero attached hydrogens (tertiary/aromatic N) is 1. The lowest BCUT2D eigenvalue weighted by Crippen LogP contribution is -2.19. The summed E-state index contributed by atoms with van der Waals surface area (Å²) in [6, 6.07) is 1.95. The van der Waals surface area contributed by atoms with Crippen LogP contribution in [0.2, 0.25) is 0 Å². The standard InChI is InChI=1S/C14H21NO3/c1-4-15-10(2)7-13(11(15)3)14(16)9-18-12-5-6-17-8-12/h7,12H,4-6,8-9H2,1-3H3. The van der Waals surface area contributed by atoms with E-state index in [1.54, 1.807) is 0 Å². The third kappa shape index (κ3) is 2.65. The first kappa shape index (κ1) is 13.3. The van der Waals surface area contributed by atoms with E-state index in [0.717, 1.165) is 36.5 Å². The molecule has 0 aliphatic carbocycles. The third-order valence-electron chi connectivity index (χ3n) is 3.53. The number of rotatable bonds is 5. The number of aryl methyl sites for hydroxylation is 1. The zero-order valence-electron chi connectivity index (χ0n) is 11.4. The van der Waals surface area contributed by atoms with E-state index in [9.17, 15) is 4.79 Å². The second-order valence-electron chi connectivity index (χ2n) is 4.75. The van der Waals surface area contributed by atoms with Crippen LogP contribution in [0.1, 0.15) is 35.1 Å². The SMILES string of the molecule is CCn1c(C)cc(C(=O)COC2CCOC2)c1C. The van der Waals surface area contributed by atoms with Gasteiger partial charge in [0.15, 0.2) is 5.78 Å². The topological polar surface area (TPSA) is 40.5 Å². The summed E-state index contributed by atoms with van der Waals surface area (Å²) in [4.78, 5) is 12.1. The van der Waals surface area contributed by atoms with E-state index in [2.05, 4.69) is 11.5 Å². The quantitative estimate of drug-likeness (QED) is 0.753. The van der Waals surface area contributed by atoms with Crippen molar-refractivity contribution in [1.82, 2.24) is 4.57 Å². The van der Waals surface area contributed by atoms with Crippen molar-refractivity contribution < 1.29 is 14.3 Å². The molecule has 1 aliphatic rings. The van der Waals surface area contributed by atoms with Gasteiger partial charge in [0.2, 0.25) is 0 Å². The molecule has 0 N–H and O–H groups in total. The number of aromatic nitrogens is 1. The van der Waals surface area contributed by atoms with Crippen LogP contribution >= 0.6 is 0 Å². The molecule has 1 unspecified atom stereocenters. The van der Waals surface area contributed by atoms with Crippen LogP contribution in [0, 0.1) is 13.8 Å². The Balaban J connectivity index is 2.00. The summed E-state index contributed by atoms with van der Waals surface area (Å²) in [7, 11) is 0. The maximum absolute atomic E-state index is 12.1. The molecule has 1 atom stereocenters. The predicted molar refractivity (Wildman–Crippen MR) is 69.1 cm³/mol. The highest BCUT2D eigenvalue weighted by Gasteiger charge is 2.20. The summed E-state index contributed by atoms with van der Waals surface area (Å²) in [5.74, 6) is 0.0645. The molecule has 1 aliphatic heterocycles. The molecule has 4 nitrogen and oxygen atoms in total. The van der Waals surface area contributed by atoms with Crippen LogP contribution in [-0.2, 0) is 16.0 Å². The molecule has 0 amide bonds. The van der Waals surface area contributed by atoms with E-state index in [1.165, 1.54) is 0 Å². The lowest BCUT2D eigenvalue weighted by atomic mass is 10.1. The normalized spacial score (nSPS) is 19.4. The molecule has 1 saturated heterocycles. The average Bonchev–Trinajstić information content (AvgIpc) is 2.95. The van der Waals surface area contributed by atoms with Crippen molar-refractivity contribution in [3.05, 3.63) is 23.0 Å². The van der Waals surface area contributed by atoms with Gasteiger partial charge in [0.05, 0.1) is 12.7 Å². The maximum Gasteiger partial charge on any atom is 0.190 e. The van der Waals surface area contributed by atoms with Crippen LogP contribution in [0.4, 0.5) is 0 Å². The van der Waals surface area contributed by atoms with Gasteiger partial charge in [-0.1, -0.05) is 0 Å². The van der Waals surface area contributed by atoms with Crippen molar-refractivity contribution in [3.8, 4) is 0 Å².